The highest BCUT2D eigenvalue weighted by atomic mass is 19.1. The molecule has 0 spiro atoms. The lowest BCUT2D eigenvalue weighted by Crippen LogP contribution is -2.26. The maximum atomic E-state index is 14.7. The second-order valence-electron chi connectivity index (χ2n) is 9.96. The molecule has 4 heterocycles. The van der Waals surface area contributed by atoms with E-state index >= 15 is 0 Å². The summed E-state index contributed by atoms with van der Waals surface area (Å²) in [6, 6.07) is 15.1. The molecule has 5 N–H and O–H groups in total. The molecule has 188 valence electrons. The first kappa shape index (κ1) is 23.5. The molecule has 6 rings (SSSR count). The van der Waals surface area contributed by atoms with Crippen molar-refractivity contribution < 1.29 is 4.39 Å². The molecule has 0 bridgehead atoms. The predicted octanol–water partition coefficient (Wildman–Crippen LogP) is 4.85. The first-order chi connectivity index (χ1) is 18.0. The van der Waals surface area contributed by atoms with Gasteiger partial charge < -0.3 is 20.9 Å². The third-order valence-corrected chi connectivity index (χ3v) is 6.98. The monoisotopic (exact) mass is 495 g/mol. The topological polar surface area (TPSA) is 98.7 Å². The fraction of sp³-hybridized carbons (Fsp3) is 0.241. The van der Waals surface area contributed by atoms with Gasteiger partial charge in [0.15, 0.2) is 0 Å². The minimum absolute atomic E-state index is 0.301. The number of nitrogens with zero attached hydrogens (tertiary/aromatic N) is 3. The Labute approximate surface area is 214 Å². The van der Waals surface area contributed by atoms with E-state index in [-0.39, 0.29) is 11.9 Å². The van der Waals surface area contributed by atoms with Gasteiger partial charge in [-0.3, -0.25) is 10.1 Å². The number of aromatic amines is 2. The van der Waals surface area contributed by atoms with Gasteiger partial charge in [-0.25, -0.2) is 4.39 Å². The Balaban J connectivity index is 1.43. The van der Waals surface area contributed by atoms with Crippen LogP contribution in [-0.2, 0) is 0 Å². The maximum Gasteiger partial charge on any atom is 0.124 e. The molecular weight excluding hydrogens is 465 g/mol. The number of likely N-dealkylation sites (N-methyl/N-ethyl adjacent to an activating group) is 1. The zero-order chi connectivity index (χ0) is 25.5. The van der Waals surface area contributed by atoms with E-state index in [4.69, 9.17) is 5.73 Å². The Morgan fingerprint density at radius 3 is 2.68 bits per heavy atom. The number of benzene rings is 2. The van der Waals surface area contributed by atoms with Crippen molar-refractivity contribution in [2.45, 2.75) is 12.5 Å². The summed E-state index contributed by atoms with van der Waals surface area (Å²) < 4.78 is 14.7. The average Bonchev–Trinajstić information content (AvgIpc) is 3.52. The van der Waals surface area contributed by atoms with Crippen molar-refractivity contribution in [3.05, 3.63) is 77.7 Å². The maximum absolute atomic E-state index is 14.7. The number of H-pyrrole nitrogens is 2. The van der Waals surface area contributed by atoms with E-state index in [1.807, 2.05) is 37.2 Å². The molecule has 0 saturated heterocycles. The van der Waals surface area contributed by atoms with Crippen molar-refractivity contribution in [1.29, 1.82) is 0 Å². The van der Waals surface area contributed by atoms with Gasteiger partial charge in [-0.2, -0.15) is 5.10 Å². The van der Waals surface area contributed by atoms with Gasteiger partial charge in [0, 0.05) is 47.2 Å². The van der Waals surface area contributed by atoms with Crippen LogP contribution in [0.25, 0.3) is 50.0 Å². The minimum Gasteiger partial charge on any atom is -0.353 e. The number of hydrogen-bond donors (Lipinski definition) is 4. The average molecular weight is 496 g/mol. The molecule has 7 nitrogen and oxygen atoms in total. The van der Waals surface area contributed by atoms with Gasteiger partial charge in [0.05, 0.1) is 16.9 Å². The van der Waals surface area contributed by atoms with Gasteiger partial charge in [0.1, 0.15) is 11.5 Å². The van der Waals surface area contributed by atoms with Gasteiger partial charge in [-0.15, -0.1) is 0 Å². The molecule has 1 aliphatic rings. The van der Waals surface area contributed by atoms with Crippen LogP contribution in [0.2, 0.25) is 0 Å². The molecule has 1 atom stereocenters. The molecule has 0 radical (unpaired) electrons. The van der Waals surface area contributed by atoms with Crippen molar-refractivity contribution in [3.63, 3.8) is 0 Å². The van der Waals surface area contributed by atoms with Crippen LogP contribution in [0.4, 0.5) is 4.39 Å². The Bertz CT molecular complexity index is 1630. The van der Waals surface area contributed by atoms with Crippen LogP contribution in [0.1, 0.15) is 23.6 Å². The van der Waals surface area contributed by atoms with Crippen molar-refractivity contribution in [2.24, 2.45) is 5.73 Å². The number of rotatable bonds is 6. The second-order valence-corrected chi connectivity index (χ2v) is 9.96. The van der Waals surface area contributed by atoms with Crippen LogP contribution in [0, 0.1) is 5.82 Å². The van der Waals surface area contributed by atoms with E-state index in [1.54, 1.807) is 6.20 Å². The molecule has 0 fully saturated rings. The summed E-state index contributed by atoms with van der Waals surface area (Å²) >= 11 is 0. The number of nitrogens with one attached hydrogen (secondary N) is 3. The quantitative estimate of drug-likeness (QED) is 0.270. The highest BCUT2D eigenvalue weighted by molar-refractivity contribution is 6.00. The third-order valence-electron chi connectivity index (χ3n) is 6.98. The Hall–Kier alpha value is -3.85. The molecule has 1 unspecified atom stereocenters. The molecule has 1 aliphatic heterocycles. The number of halogens is 1. The second kappa shape index (κ2) is 9.55. The predicted molar refractivity (Wildman–Crippen MR) is 148 cm³/mol. The zero-order valence-corrected chi connectivity index (χ0v) is 21.0. The van der Waals surface area contributed by atoms with E-state index in [0.717, 1.165) is 58.3 Å². The lowest BCUT2D eigenvalue weighted by Gasteiger charge is -2.18. The molecule has 8 heteroatoms. The fourth-order valence-corrected chi connectivity index (χ4v) is 5.18. The summed E-state index contributed by atoms with van der Waals surface area (Å²) in [5.74, 6) is -0.325. The Morgan fingerprint density at radius 2 is 1.86 bits per heavy atom. The summed E-state index contributed by atoms with van der Waals surface area (Å²) in [5, 5.41) is 13.1. The first-order valence-corrected chi connectivity index (χ1v) is 12.5. The standard InChI is InChI=1S/C29H30FN7/c1-37(2)16-24(31)19-11-20(13-21(30)12-19)28-23-15-27(34-25(23)7-10-33-28)29-22-14-18(3-4-26(22)35-36-29)17-5-8-32-9-6-17/h3-5,7,10-15,24,32,34H,6,8-9,16,31H2,1-2H3,(H,35,36). The normalized spacial score (nSPS) is 15.0. The zero-order valence-electron chi connectivity index (χ0n) is 21.0. The van der Waals surface area contributed by atoms with Crippen molar-refractivity contribution >= 4 is 27.4 Å². The SMILES string of the molecule is CN(C)CC(N)c1cc(F)cc(-c2nccc3[nH]c(-c4n[nH]c5ccc(C6=CCNCC6)cc45)cc23)c1. The van der Waals surface area contributed by atoms with Gasteiger partial charge in [0.25, 0.3) is 0 Å². The number of hydrogen-bond acceptors (Lipinski definition) is 5. The lowest BCUT2D eigenvalue weighted by molar-refractivity contribution is 0.376. The molecule has 0 amide bonds. The lowest BCUT2D eigenvalue weighted by atomic mass is 9.98. The smallest absolute Gasteiger partial charge is 0.124 e. The summed E-state index contributed by atoms with van der Waals surface area (Å²) in [7, 11) is 3.91. The summed E-state index contributed by atoms with van der Waals surface area (Å²) in [6.45, 7) is 2.50. The molecule has 0 saturated carbocycles. The Kier molecular flexibility index (Phi) is 6.08. The summed E-state index contributed by atoms with van der Waals surface area (Å²) in [5.41, 5.74) is 14.7. The van der Waals surface area contributed by atoms with Gasteiger partial charge >= 0.3 is 0 Å². The van der Waals surface area contributed by atoms with Crippen molar-refractivity contribution in [3.8, 4) is 22.6 Å². The van der Waals surface area contributed by atoms with E-state index < -0.39 is 0 Å². The Morgan fingerprint density at radius 1 is 1.00 bits per heavy atom. The number of aromatic nitrogens is 4. The molecule has 3 aromatic heterocycles. The van der Waals surface area contributed by atoms with Crippen LogP contribution in [0.15, 0.2) is 60.8 Å². The highest BCUT2D eigenvalue weighted by Gasteiger charge is 2.17. The molecule has 0 aliphatic carbocycles. The first-order valence-electron chi connectivity index (χ1n) is 12.5. The van der Waals surface area contributed by atoms with E-state index in [2.05, 4.69) is 49.8 Å². The van der Waals surface area contributed by atoms with Crippen LogP contribution in [-0.4, -0.2) is 58.8 Å². The molecule has 37 heavy (non-hydrogen) atoms. The third kappa shape index (κ3) is 4.55. The number of fused-ring (bicyclic) bond motifs is 2. The number of nitrogens with two attached hydrogens (primary N) is 1. The van der Waals surface area contributed by atoms with Crippen LogP contribution in [0.5, 0.6) is 0 Å². The number of pyridine rings is 1. The summed E-state index contributed by atoms with van der Waals surface area (Å²) in [6.07, 6.45) is 5.00. The van der Waals surface area contributed by atoms with Gasteiger partial charge in [-0.05, 0) is 86.2 Å². The van der Waals surface area contributed by atoms with Gasteiger partial charge in [0.2, 0.25) is 0 Å². The van der Waals surface area contributed by atoms with Gasteiger partial charge in [-0.1, -0.05) is 12.1 Å². The van der Waals surface area contributed by atoms with Crippen molar-refractivity contribution in [2.75, 3.05) is 33.7 Å². The molecule has 2 aromatic carbocycles. The van der Waals surface area contributed by atoms with E-state index in [9.17, 15) is 4.39 Å². The minimum atomic E-state index is -0.325. The van der Waals surface area contributed by atoms with Crippen LogP contribution in [0.3, 0.4) is 0 Å². The van der Waals surface area contributed by atoms with E-state index in [1.165, 1.54) is 23.3 Å². The largest absolute Gasteiger partial charge is 0.353 e. The van der Waals surface area contributed by atoms with E-state index in [0.29, 0.717) is 17.8 Å². The van der Waals surface area contributed by atoms with Crippen LogP contribution < -0.4 is 11.1 Å². The van der Waals surface area contributed by atoms with Crippen molar-refractivity contribution in [1.82, 2.24) is 30.4 Å². The summed E-state index contributed by atoms with van der Waals surface area (Å²) in [4.78, 5) is 10.1. The fourth-order valence-electron chi connectivity index (χ4n) is 5.18. The van der Waals surface area contributed by atoms with Crippen LogP contribution >= 0.6 is 0 Å². The highest BCUT2D eigenvalue weighted by Crippen LogP contribution is 2.35. The molecule has 5 aromatic rings. The molecular formula is C29H30FN7.